The molecular formula is C16H16BrNO2. The van der Waals surface area contributed by atoms with E-state index in [0.717, 1.165) is 20.9 Å². The normalized spacial score (nSPS) is 10.9. The minimum absolute atomic E-state index is 0.310. The Morgan fingerprint density at radius 2 is 2.00 bits per heavy atom. The van der Waals surface area contributed by atoms with Gasteiger partial charge in [-0.05, 0) is 24.4 Å². The fourth-order valence-electron chi connectivity index (χ4n) is 1.93. The lowest BCUT2D eigenvalue weighted by Crippen LogP contribution is -2.02. The number of hydrogen-bond acceptors (Lipinski definition) is 3. The van der Waals surface area contributed by atoms with Gasteiger partial charge in [0.05, 0.1) is 6.61 Å². The molecule has 0 aromatic heterocycles. The number of ether oxygens (including phenoxy) is 1. The summed E-state index contributed by atoms with van der Waals surface area (Å²) in [6.07, 6.45) is 3.20. The molecule has 4 heteroatoms. The molecule has 0 heterocycles. The van der Waals surface area contributed by atoms with Gasteiger partial charge < -0.3 is 10.1 Å². The van der Waals surface area contributed by atoms with Gasteiger partial charge in [-0.2, -0.15) is 0 Å². The second-order valence-corrected chi connectivity index (χ2v) is 5.03. The molecule has 0 aliphatic rings. The van der Waals surface area contributed by atoms with E-state index in [1.807, 2.05) is 24.3 Å². The Hall–Kier alpha value is -1.81. The summed E-state index contributed by atoms with van der Waals surface area (Å²) in [6.45, 7) is 2.76. The van der Waals surface area contributed by atoms with Gasteiger partial charge in [0, 0.05) is 28.2 Å². The molecule has 0 unspecified atom stereocenters. The van der Waals surface area contributed by atoms with Gasteiger partial charge in [-0.15, -0.1) is 0 Å². The van der Waals surface area contributed by atoms with E-state index in [2.05, 4.69) is 33.4 Å². The Morgan fingerprint density at radius 1 is 1.25 bits per heavy atom. The number of rotatable bonds is 5. The molecule has 0 aliphatic heterocycles. The third-order valence-corrected chi connectivity index (χ3v) is 3.51. The first-order chi connectivity index (χ1) is 9.72. The van der Waals surface area contributed by atoms with Crippen LogP contribution in [0.3, 0.4) is 0 Å². The topological polar surface area (TPSA) is 38.3 Å². The quantitative estimate of drug-likeness (QED) is 0.660. The zero-order valence-electron chi connectivity index (χ0n) is 11.2. The molecular weight excluding hydrogens is 318 g/mol. The van der Waals surface area contributed by atoms with Crippen molar-refractivity contribution in [1.82, 2.24) is 0 Å². The van der Waals surface area contributed by atoms with Crippen molar-refractivity contribution in [3.05, 3.63) is 53.0 Å². The molecule has 3 nitrogen and oxygen atoms in total. The summed E-state index contributed by atoms with van der Waals surface area (Å²) in [5, 5.41) is 5.60. The molecule has 0 saturated heterocycles. The van der Waals surface area contributed by atoms with Crippen LogP contribution in [-0.4, -0.2) is 19.1 Å². The molecule has 0 aliphatic carbocycles. The van der Waals surface area contributed by atoms with E-state index < -0.39 is 0 Å². The van der Waals surface area contributed by atoms with Crippen molar-refractivity contribution in [2.24, 2.45) is 0 Å². The summed E-state index contributed by atoms with van der Waals surface area (Å²) < 4.78 is 5.89. The monoisotopic (exact) mass is 333 g/mol. The summed E-state index contributed by atoms with van der Waals surface area (Å²) in [6, 6.07) is 12.2. The van der Waals surface area contributed by atoms with Gasteiger partial charge >= 0.3 is 5.97 Å². The molecule has 0 saturated carbocycles. The molecule has 104 valence electrons. The molecule has 0 radical (unpaired) electrons. The number of carbonyl (C=O) groups excluding carboxylic acids is 1. The lowest BCUT2D eigenvalue weighted by molar-refractivity contribution is -0.137. The SMILES string of the molecule is CCOC(=O)/C=C/CNc1ccc(Br)c2ccccc12. The number of anilines is 1. The number of halogens is 1. The van der Waals surface area contributed by atoms with Crippen LogP contribution < -0.4 is 5.32 Å². The smallest absolute Gasteiger partial charge is 0.330 e. The summed E-state index contributed by atoms with van der Waals surface area (Å²) >= 11 is 3.55. The molecule has 0 bridgehead atoms. The van der Waals surface area contributed by atoms with Crippen molar-refractivity contribution in [2.75, 3.05) is 18.5 Å². The Bertz CT molecular complexity index is 637. The van der Waals surface area contributed by atoms with Gasteiger partial charge in [0.25, 0.3) is 0 Å². The highest BCUT2D eigenvalue weighted by atomic mass is 79.9. The highest BCUT2D eigenvalue weighted by Crippen LogP contribution is 2.29. The summed E-state index contributed by atoms with van der Waals surface area (Å²) in [4.78, 5) is 11.2. The number of hydrogen-bond donors (Lipinski definition) is 1. The number of carbonyl (C=O) groups is 1. The maximum atomic E-state index is 11.2. The molecule has 20 heavy (non-hydrogen) atoms. The number of esters is 1. The van der Waals surface area contributed by atoms with Crippen LogP contribution in [0, 0.1) is 0 Å². The van der Waals surface area contributed by atoms with Crippen LogP contribution in [0.25, 0.3) is 10.8 Å². The Balaban J connectivity index is 2.07. The van der Waals surface area contributed by atoms with Gasteiger partial charge in [-0.1, -0.05) is 46.3 Å². The average molecular weight is 334 g/mol. The van der Waals surface area contributed by atoms with Crippen molar-refractivity contribution in [2.45, 2.75) is 6.92 Å². The number of benzene rings is 2. The maximum Gasteiger partial charge on any atom is 0.330 e. The van der Waals surface area contributed by atoms with Crippen molar-refractivity contribution >= 4 is 38.4 Å². The largest absolute Gasteiger partial charge is 0.463 e. The Labute approximate surface area is 126 Å². The van der Waals surface area contributed by atoms with Gasteiger partial charge in [0.2, 0.25) is 0 Å². The van der Waals surface area contributed by atoms with Gasteiger partial charge in [-0.3, -0.25) is 0 Å². The summed E-state index contributed by atoms with van der Waals surface area (Å²) in [7, 11) is 0. The van der Waals surface area contributed by atoms with E-state index in [1.165, 1.54) is 6.08 Å². The minimum atomic E-state index is -0.310. The zero-order valence-corrected chi connectivity index (χ0v) is 12.8. The first-order valence-corrected chi connectivity index (χ1v) is 7.26. The summed E-state index contributed by atoms with van der Waals surface area (Å²) in [5.74, 6) is -0.310. The highest BCUT2D eigenvalue weighted by molar-refractivity contribution is 9.10. The molecule has 2 aromatic rings. The zero-order chi connectivity index (χ0) is 14.4. The molecule has 0 amide bonds. The van der Waals surface area contributed by atoms with Crippen LogP contribution in [0.5, 0.6) is 0 Å². The van der Waals surface area contributed by atoms with Gasteiger partial charge in [0.1, 0.15) is 0 Å². The van der Waals surface area contributed by atoms with Crippen LogP contribution in [0.1, 0.15) is 6.92 Å². The number of nitrogens with one attached hydrogen (secondary N) is 1. The van der Waals surface area contributed by atoms with Crippen molar-refractivity contribution in [1.29, 1.82) is 0 Å². The molecule has 2 rings (SSSR count). The van der Waals surface area contributed by atoms with Crippen molar-refractivity contribution in [3.8, 4) is 0 Å². The van der Waals surface area contributed by atoms with Crippen LogP contribution in [0.2, 0.25) is 0 Å². The molecule has 0 spiro atoms. The first kappa shape index (κ1) is 14.6. The maximum absolute atomic E-state index is 11.2. The molecule has 1 N–H and O–H groups in total. The fraction of sp³-hybridized carbons (Fsp3) is 0.188. The molecule has 0 fully saturated rings. The predicted octanol–water partition coefficient (Wildman–Crippen LogP) is 4.13. The Kier molecular flexibility index (Phi) is 5.18. The Morgan fingerprint density at radius 3 is 2.75 bits per heavy atom. The molecule has 2 aromatic carbocycles. The van der Waals surface area contributed by atoms with Crippen LogP contribution in [0.4, 0.5) is 5.69 Å². The average Bonchev–Trinajstić information content (AvgIpc) is 2.46. The number of fused-ring (bicyclic) bond motifs is 1. The van der Waals surface area contributed by atoms with Crippen LogP contribution >= 0.6 is 15.9 Å². The van der Waals surface area contributed by atoms with E-state index in [0.29, 0.717) is 13.2 Å². The van der Waals surface area contributed by atoms with E-state index in [4.69, 9.17) is 4.74 Å². The second kappa shape index (κ2) is 7.10. The van der Waals surface area contributed by atoms with E-state index in [9.17, 15) is 4.79 Å². The van der Waals surface area contributed by atoms with Crippen molar-refractivity contribution in [3.63, 3.8) is 0 Å². The second-order valence-electron chi connectivity index (χ2n) is 4.18. The summed E-state index contributed by atoms with van der Waals surface area (Å²) in [5.41, 5.74) is 1.04. The van der Waals surface area contributed by atoms with Gasteiger partial charge in [-0.25, -0.2) is 4.79 Å². The van der Waals surface area contributed by atoms with Crippen LogP contribution in [-0.2, 0) is 9.53 Å². The van der Waals surface area contributed by atoms with E-state index >= 15 is 0 Å². The van der Waals surface area contributed by atoms with Gasteiger partial charge in [0.15, 0.2) is 0 Å². The van der Waals surface area contributed by atoms with E-state index in [1.54, 1.807) is 13.0 Å². The van der Waals surface area contributed by atoms with Crippen LogP contribution in [0.15, 0.2) is 53.0 Å². The lowest BCUT2D eigenvalue weighted by atomic mass is 10.1. The molecule has 0 atom stereocenters. The third kappa shape index (κ3) is 3.61. The first-order valence-electron chi connectivity index (χ1n) is 6.46. The predicted molar refractivity (Wildman–Crippen MR) is 85.9 cm³/mol. The highest BCUT2D eigenvalue weighted by Gasteiger charge is 2.02. The fourth-order valence-corrected chi connectivity index (χ4v) is 2.41. The third-order valence-electron chi connectivity index (χ3n) is 2.82. The van der Waals surface area contributed by atoms with Crippen molar-refractivity contribution < 1.29 is 9.53 Å². The lowest BCUT2D eigenvalue weighted by Gasteiger charge is -2.09. The standard InChI is InChI=1S/C16H16BrNO2/c1-2-20-16(19)8-5-11-18-15-10-9-14(17)12-6-3-4-7-13(12)15/h3-10,18H,2,11H2,1H3/b8-5+. The van der Waals surface area contributed by atoms with E-state index in [-0.39, 0.29) is 5.97 Å². The minimum Gasteiger partial charge on any atom is -0.463 e.